The second kappa shape index (κ2) is 5.56. The lowest BCUT2D eigenvalue weighted by molar-refractivity contribution is 0.182. The minimum Gasteiger partial charge on any atom is -0.465 e. The molecule has 1 fully saturated rings. The van der Waals surface area contributed by atoms with Crippen LogP contribution >= 0.6 is 0 Å². The lowest BCUT2D eigenvalue weighted by atomic mass is 9.91. The number of hydrogen-bond donors (Lipinski definition) is 3. The highest BCUT2D eigenvalue weighted by Gasteiger charge is 2.25. The molecule has 1 aliphatic rings. The predicted octanol–water partition coefficient (Wildman–Crippen LogP) is 1.95. The van der Waals surface area contributed by atoms with E-state index in [0.29, 0.717) is 23.9 Å². The van der Waals surface area contributed by atoms with Crippen molar-refractivity contribution in [3.8, 4) is 6.07 Å². The van der Waals surface area contributed by atoms with Gasteiger partial charge < -0.3 is 15.4 Å². The van der Waals surface area contributed by atoms with Crippen molar-refractivity contribution >= 4 is 17.1 Å². The van der Waals surface area contributed by atoms with Crippen LogP contribution in [-0.4, -0.2) is 26.8 Å². The summed E-state index contributed by atoms with van der Waals surface area (Å²) in [6, 6.07) is 7.23. The summed E-state index contributed by atoms with van der Waals surface area (Å²) in [4.78, 5) is 25.7. The van der Waals surface area contributed by atoms with Crippen molar-refractivity contribution in [3.05, 3.63) is 34.2 Å². The molecule has 0 radical (unpaired) electrons. The number of nitrogens with zero attached hydrogens (tertiary/aromatic N) is 2. The van der Waals surface area contributed by atoms with Crippen LogP contribution in [-0.2, 0) is 0 Å². The monoisotopic (exact) mass is 300 g/mol. The third-order valence-corrected chi connectivity index (χ3v) is 4.24. The number of H-pyrrole nitrogens is 1. The number of nitriles is 1. The van der Waals surface area contributed by atoms with Gasteiger partial charge in [-0.3, -0.25) is 4.57 Å². The lowest BCUT2D eigenvalue weighted by Gasteiger charge is -2.29. The maximum atomic E-state index is 12.2. The number of nitrogens with one attached hydrogen (secondary N) is 2. The number of hydrogen-bond acceptors (Lipinski definition) is 3. The Bertz CT molecular complexity index is 806. The Kier molecular flexibility index (Phi) is 3.59. The van der Waals surface area contributed by atoms with Crippen LogP contribution in [0.25, 0.3) is 11.0 Å². The molecule has 0 aliphatic heterocycles. The van der Waals surface area contributed by atoms with Crippen molar-refractivity contribution < 1.29 is 9.90 Å². The van der Waals surface area contributed by atoms with Gasteiger partial charge in [-0.1, -0.05) is 0 Å². The second-order valence-corrected chi connectivity index (χ2v) is 5.60. The fourth-order valence-corrected chi connectivity index (χ4v) is 3.22. The second-order valence-electron chi connectivity index (χ2n) is 5.60. The molecule has 0 bridgehead atoms. The number of benzene rings is 1. The number of fused-ring (bicyclic) bond motifs is 1. The van der Waals surface area contributed by atoms with Gasteiger partial charge in [-0.25, -0.2) is 9.59 Å². The number of aromatic amines is 1. The number of carboxylic acid groups (broad SMARTS) is 1. The van der Waals surface area contributed by atoms with Crippen molar-refractivity contribution in [2.75, 3.05) is 0 Å². The van der Waals surface area contributed by atoms with E-state index in [1.54, 1.807) is 22.8 Å². The normalized spacial score (nSPS) is 21.4. The maximum absolute atomic E-state index is 12.2. The lowest BCUT2D eigenvalue weighted by Crippen LogP contribution is -2.38. The van der Waals surface area contributed by atoms with E-state index in [-0.39, 0.29) is 17.8 Å². The van der Waals surface area contributed by atoms with Gasteiger partial charge in [-0.15, -0.1) is 0 Å². The number of amides is 1. The van der Waals surface area contributed by atoms with E-state index in [9.17, 15) is 9.59 Å². The number of aromatic nitrogens is 2. The summed E-state index contributed by atoms with van der Waals surface area (Å²) in [7, 11) is 0. The SMILES string of the molecule is N#Cc1ccc2c(c1)[nH]c(=O)n2[C@H]1CC[C@H](NC(=O)O)CC1. The quantitative estimate of drug-likeness (QED) is 0.787. The molecular weight excluding hydrogens is 284 g/mol. The first-order chi connectivity index (χ1) is 10.6. The van der Waals surface area contributed by atoms with Gasteiger partial charge in [0, 0.05) is 12.1 Å². The fraction of sp³-hybridized carbons (Fsp3) is 0.400. The highest BCUT2D eigenvalue weighted by Crippen LogP contribution is 2.30. The Morgan fingerprint density at radius 2 is 2.09 bits per heavy atom. The van der Waals surface area contributed by atoms with Gasteiger partial charge >= 0.3 is 11.8 Å². The number of imidazole rings is 1. The van der Waals surface area contributed by atoms with Crippen LogP contribution in [0, 0.1) is 11.3 Å². The van der Waals surface area contributed by atoms with Gasteiger partial charge in [-0.05, 0) is 43.9 Å². The molecule has 7 nitrogen and oxygen atoms in total. The summed E-state index contributed by atoms with van der Waals surface area (Å²) in [5.41, 5.74) is 1.78. The molecule has 1 aromatic heterocycles. The smallest absolute Gasteiger partial charge is 0.404 e. The van der Waals surface area contributed by atoms with Crippen molar-refractivity contribution in [3.63, 3.8) is 0 Å². The third kappa shape index (κ3) is 2.55. The molecule has 114 valence electrons. The molecule has 1 saturated carbocycles. The summed E-state index contributed by atoms with van der Waals surface area (Å²) in [6.07, 6.45) is 1.92. The molecule has 0 spiro atoms. The van der Waals surface area contributed by atoms with Crippen LogP contribution in [0.15, 0.2) is 23.0 Å². The highest BCUT2D eigenvalue weighted by molar-refractivity contribution is 5.77. The largest absolute Gasteiger partial charge is 0.465 e. The van der Waals surface area contributed by atoms with E-state index in [2.05, 4.69) is 16.4 Å². The van der Waals surface area contributed by atoms with Crippen LogP contribution in [0.4, 0.5) is 4.79 Å². The first-order valence-corrected chi connectivity index (χ1v) is 7.22. The summed E-state index contributed by atoms with van der Waals surface area (Å²) < 4.78 is 1.73. The van der Waals surface area contributed by atoms with Crippen molar-refractivity contribution in [2.24, 2.45) is 0 Å². The third-order valence-electron chi connectivity index (χ3n) is 4.24. The maximum Gasteiger partial charge on any atom is 0.404 e. The van der Waals surface area contributed by atoms with E-state index >= 15 is 0 Å². The molecule has 22 heavy (non-hydrogen) atoms. The average Bonchev–Trinajstić information content (AvgIpc) is 2.82. The summed E-state index contributed by atoms with van der Waals surface area (Å²) in [6.45, 7) is 0. The fourth-order valence-electron chi connectivity index (χ4n) is 3.22. The van der Waals surface area contributed by atoms with Crippen LogP contribution in [0.1, 0.15) is 37.3 Å². The molecule has 1 heterocycles. The van der Waals surface area contributed by atoms with Crippen molar-refractivity contribution in [1.29, 1.82) is 5.26 Å². The zero-order valence-corrected chi connectivity index (χ0v) is 11.9. The van der Waals surface area contributed by atoms with E-state index in [0.717, 1.165) is 18.4 Å². The molecule has 1 amide bonds. The predicted molar refractivity (Wildman–Crippen MR) is 79.7 cm³/mol. The minimum atomic E-state index is -1.00. The van der Waals surface area contributed by atoms with Crippen LogP contribution in [0.2, 0.25) is 0 Å². The van der Waals surface area contributed by atoms with Gasteiger partial charge in [0.2, 0.25) is 0 Å². The molecule has 3 rings (SSSR count). The molecular formula is C15H16N4O3. The van der Waals surface area contributed by atoms with Crippen molar-refractivity contribution in [2.45, 2.75) is 37.8 Å². The molecule has 1 aromatic carbocycles. The molecule has 7 heteroatoms. The summed E-state index contributed by atoms with van der Waals surface area (Å²) in [5, 5.41) is 20.2. The number of rotatable bonds is 2. The average molecular weight is 300 g/mol. The van der Waals surface area contributed by atoms with Crippen molar-refractivity contribution in [1.82, 2.24) is 14.9 Å². The van der Waals surface area contributed by atoms with E-state index < -0.39 is 6.09 Å². The van der Waals surface area contributed by atoms with Gasteiger partial charge in [0.05, 0.1) is 22.7 Å². The van der Waals surface area contributed by atoms with Gasteiger partial charge in [0.15, 0.2) is 0 Å². The van der Waals surface area contributed by atoms with Crippen LogP contribution in [0.3, 0.4) is 0 Å². The minimum absolute atomic E-state index is 0.0418. The summed E-state index contributed by atoms with van der Waals surface area (Å²) >= 11 is 0. The number of carbonyl (C=O) groups is 1. The van der Waals surface area contributed by atoms with Crippen LogP contribution < -0.4 is 11.0 Å². The van der Waals surface area contributed by atoms with Gasteiger partial charge in [0.1, 0.15) is 0 Å². The molecule has 2 aromatic rings. The molecule has 3 N–H and O–H groups in total. The first-order valence-electron chi connectivity index (χ1n) is 7.22. The van der Waals surface area contributed by atoms with E-state index in [4.69, 9.17) is 10.4 Å². The molecule has 1 aliphatic carbocycles. The highest BCUT2D eigenvalue weighted by atomic mass is 16.4. The molecule has 0 unspecified atom stereocenters. The van der Waals surface area contributed by atoms with Crippen LogP contribution in [0.5, 0.6) is 0 Å². The summed E-state index contributed by atoms with van der Waals surface area (Å²) in [5.74, 6) is 0. The molecule has 0 saturated heterocycles. The topological polar surface area (TPSA) is 111 Å². The Balaban J connectivity index is 1.86. The Hall–Kier alpha value is -2.75. The molecule has 0 atom stereocenters. The van der Waals surface area contributed by atoms with Gasteiger partial charge in [-0.2, -0.15) is 5.26 Å². The van der Waals surface area contributed by atoms with Gasteiger partial charge in [0.25, 0.3) is 0 Å². The zero-order chi connectivity index (χ0) is 15.7. The first kappa shape index (κ1) is 14.2. The van der Waals surface area contributed by atoms with E-state index in [1.807, 2.05) is 0 Å². The Morgan fingerprint density at radius 3 is 2.73 bits per heavy atom. The Labute approximate surface area is 126 Å². The standard InChI is InChI=1S/C15H16N4O3/c16-8-9-1-6-13-12(7-9)18-14(20)19(13)11-4-2-10(3-5-11)17-15(21)22/h1,6-7,10-11,17H,2-5H2,(H,18,20)(H,21,22)/t10-,11-. The zero-order valence-electron chi connectivity index (χ0n) is 11.9. The van der Waals surface area contributed by atoms with E-state index in [1.165, 1.54) is 0 Å². The Morgan fingerprint density at radius 1 is 1.36 bits per heavy atom.